The average Bonchev–Trinajstić information content (AvgIpc) is 2.19. The summed E-state index contributed by atoms with van der Waals surface area (Å²) in [5.74, 6) is 11.9. The minimum Gasteiger partial charge on any atom is -0.497 e. The molecule has 0 unspecified atom stereocenters. The Bertz CT molecular complexity index is 379. The first kappa shape index (κ1) is 9.23. The zero-order chi connectivity index (χ0) is 9.52. The number of methoxy groups -OCH3 is 1. The molecule has 0 fully saturated rings. The summed E-state index contributed by atoms with van der Waals surface area (Å²) >= 11 is 0. The fourth-order valence-electron chi connectivity index (χ4n) is 0.840. The van der Waals surface area contributed by atoms with Gasteiger partial charge in [0.25, 0.3) is 0 Å². The van der Waals surface area contributed by atoms with Gasteiger partial charge in [0.15, 0.2) is 0 Å². The molecule has 64 valence electrons. The Labute approximate surface area is 78.7 Å². The topological polar surface area (TPSA) is 9.23 Å². The van der Waals surface area contributed by atoms with Crippen molar-refractivity contribution in [2.24, 2.45) is 0 Å². The van der Waals surface area contributed by atoms with Crippen LogP contribution in [0.4, 0.5) is 0 Å². The minimum atomic E-state index is 0.840. The molecule has 0 saturated heterocycles. The van der Waals surface area contributed by atoms with E-state index in [1.54, 1.807) is 14.0 Å². The smallest absolute Gasteiger partial charge is 0.118 e. The van der Waals surface area contributed by atoms with Crippen molar-refractivity contribution in [3.05, 3.63) is 29.8 Å². The van der Waals surface area contributed by atoms with E-state index in [0.717, 1.165) is 11.3 Å². The van der Waals surface area contributed by atoms with Crippen LogP contribution in [-0.4, -0.2) is 7.11 Å². The molecular weight excluding hydrogens is 160 g/mol. The highest BCUT2D eigenvalue weighted by Crippen LogP contribution is 2.09. The van der Waals surface area contributed by atoms with Gasteiger partial charge in [-0.3, -0.25) is 0 Å². The molecule has 0 radical (unpaired) electrons. The minimum absolute atomic E-state index is 0.840. The van der Waals surface area contributed by atoms with E-state index in [0.29, 0.717) is 0 Å². The molecule has 1 heteroatoms. The number of hydrogen-bond donors (Lipinski definition) is 0. The largest absolute Gasteiger partial charge is 0.497 e. The highest BCUT2D eigenvalue weighted by molar-refractivity contribution is 5.41. The van der Waals surface area contributed by atoms with Gasteiger partial charge in [0, 0.05) is 5.56 Å². The van der Waals surface area contributed by atoms with Crippen LogP contribution in [-0.2, 0) is 0 Å². The molecule has 0 amide bonds. The number of ether oxygens (including phenoxy) is 1. The number of benzene rings is 1. The van der Waals surface area contributed by atoms with Crippen LogP contribution < -0.4 is 4.74 Å². The Hall–Kier alpha value is -1.86. The van der Waals surface area contributed by atoms with Gasteiger partial charge in [-0.1, -0.05) is 11.8 Å². The summed E-state index contributed by atoms with van der Waals surface area (Å²) in [5, 5.41) is 0. The van der Waals surface area contributed by atoms with Crippen LogP contribution in [0.15, 0.2) is 24.3 Å². The third kappa shape index (κ3) is 2.93. The number of hydrogen-bond acceptors (Lipinski definition) is 1. The fourth-order valence-corrected chi connectivity index (χ4v) is 0.840. The first-order chi connectivity index (χ1) is 6.36. The normalized spacial score (nSPS) is 7.54. The highest BCUT2D eigenvalue weighted by atomic mass is 16.5. The van der Waals surface area contributed by atoms with Crippen molar-refractivity contribution in [1.82, 2.24) is 0 Å². The van der Waals surface area contributed by atoms with Crippen molar-refractivity contribution in [3.63, 3.8) is 0 Å². The molecule has 0 spiro atoms. The lowest BCUT2D eigenvalue weighted by Gasteiger charge is -1.96. The van der Waals surface area contributed by atoms with Crippen molar-refractivity contribution in [2.75, 3.05) is 7.11 Å². The zero-order valence-electron chi connectivity index (χ0n) is 7.72. The van der Waals surface area contributed by atoms with Gasteiger partial charge in [0.05, 0.1) is 7.11 Å². The van der Waals surface area contributed by atoms with E-state index in [1.807, 2.05) is 24.3 Å². The van der Waals surface area contributed by atoms with Gasteiger partial charge >= 0.3 is 0 Å². The van der Waals surface area contributed by atoms with E-state index in [9.17, 15) is 0 Å². The Balaban J connectivity index is 2.80. The monoisotopic (exact) mass is 170 g/mol. The predicted molar refractivity (Wildman–Crippen MR) is 53.3 cm³/mol. The second-order valence-electron chi connectivity index (χ2n) is 2.35. The number of rotatable bonds is 1. The van der Waals surface area contributed by atoms with Crippen LogP contribution in [0.5, 0.6) is 5.75 Å². The molecule has 0 aliphatic heterocycles. The maximum Gasteiger partial charge on any atom is 0.118 e. The Morgan fingerprint density at radius 1 is 1.08 bits per heavy atom. The SMILES string of the molecule is CC#CC#Cc1ccc(OC)cc1. The lowest BCUT2D eigenvalue weighted by molar-refractivity contribution is 0.415. The standard InChI is InChI=1S/C12H10O/c1-3-4-5-6-11-7-9-12(13-2)10-8-11/h7-10H,1-2H3. The Morgan fingerprint density at radius 3 is 2.31 bits per heavy atom. The van der Waals surface area contributed by atoms with Crippen LogP contribution in [0.1, 0.15) is 12.5 Å². The Morgan fingerprint density at radius 2 is 1.77 bits per heavy atom. The molecule has 0 bridgehead atoms. The van der Waals surface area contributed by atoms with Crippen molar-refractivity contribution in [1.29, 1.82) is 0 Å². The third-order valence-corrected chi connectivity index (χ3v) is 1.48. The molecule has 1 aromatic rings. The molecule has 0 aliphatic rings. The summed E-state index contributed by atoms with van der Waals surface area (Å²) < 4.78 is 5.02. The molecule has 0 N–H and O–H groups in total. The van der Waals surface area contributed by atoms with Crippen LogP contribution in [0, 0.1) is 23.7 Å². The van der Waals surface area contributed by atoms with E-state index >= 15 is 0 Å². The van der Waals surface area contributed by atoms with Crippen LogP contribution in [0.25, 0.3) is 0 Å². The zero-order valence-corrected chi connectivity index (χ0v) is 7.72. The third-order valence-electron chi connectivity index (χ3n) is 1.48. The molecule has 1 nitrogen and oxygen atoms in total. The van der Waals surface area contributed by atoms with Crippen LogP contribution in [0.2, 0.25) is 0 Å². The maximum absolute atomic E-state index is 5.02. The van der Waals surface area contributed by atoms with Crippen LogP contribution >= 0.6 is 0 Å². The molecule has 0 saturated carbocycles. The van der Waals surface area contributed by atoms with Crippen molar-refractivity contribution in [3.8, 4) is 29.4 Å². The van der Waals surface area contributed by atoms with E-state index in [2.05, 4.69) is 23.7 Å². The fraction of sp³-hybridized carbons (Fsp3) is 0.167. The molecule has 13 heavy (non-hydrogen) atoms. The quantitative estimate of drug-likeness (QED) is 0.586. The summed E-state index contributed by atoms with van der Waals surface area (Å²) in [6.07, 6.45) is 0. The van der Waals surface area contributed by atoms with Gasteiger partial charge in [-0.15, -0.1) is 0 Å². The first-order valence-electron chi connectivity index (χ1n) is 3.93. The molecule has 0 aliphatic carbocycles. The van der Waals surface area contributed by atoms with Gasteiger partial charge in [0.1, 0.15) is 5.75 Å². The Kier molecular flexibility index (Phi) is 3.48. The molecular formula is C12H10O. The predicted octanol–water partition coefficient (Wildman–Crippen LogP) is 2.07. The van der Waals surface area contributed by atoms with Gasteiger partial charge in [-0.05, 0) is 43.0 Å². The molecule has 1 rings (SSSR count). The lowest BCUT2D eigenvalue weighted by Crippen LogP contribution is -1.81. The molecule has 0 atom stereocenters. The summed E-state index contributed by atoms with van der Waals surface area (Å²) in [4.78, 5) is 0. The van der Waals surface area contributed by atoms with E-state index in [4.69, 9.17) is 4.74 Å². The molecule has 1 aromatic carbocycles. The van der Waals surface area contributed by atoms with Gasteiger partial charge in [-0.25, -0.2) is 0 Å². The maximum atomic E-state index is 5.02. The van der Waals surface area contributed by atoms with E-state index in [1.165, 1.54) is 0 Å². The summed E-state index contributed by atoms with van der Waals surface area (Å²) in [5.41, 5.74) is 0.948. The van der Waals surface area contributed by atoms with Gasteiger partial charge < -0.3 is 4.74 Å². The molecule has 0 aromatic heterocycles. The first-order valence-corrected chi connectivity index (χ1v) is 3.93. The van der Waals surface area contributed by atoms with E-state index < -0.39 is 0 Å². The summed E-state index contributed by atoms with van der Waals surface area (Å²) in [7, 11) is 1.64. The average molecular weight is 170 g/mol. The lowest BCUT2D eigenvalue weighted by atomic mass is 10.2. The van der Waals surface area contributed by atoms with Crippen molar-refractivity contribution in [2.45, 2.75) is 6.92 Å². The second-order valence-corrected chi connectivity index (χ2v) is 2.35. The van der Waals surface area contributed by atoms with Crippen LogP contribution in [0.3, 0.4) is 0 Å². The second kappa shape index (κ2) is 4.91. The van der Waals surface area contributed by atoms with Crippen molar-refractivity contribution >= 4 is 0 Å². The summed E-state index contributed by atoms with van der Waals surface area (Å²) in [6, 6.07) is 7.57. The highest BCUT2D eigenvalue weighted by Gasteiger charge is 1.88. The summed E-state index contributed by atoms with van der Waals surface area (Å²) in [6.45, 7) is 1.77. The van der Waals surface area contributed by atoms with E-state index in [-0.39, 0.29) is 0 Å². The van der Waals surface area contributed by atoms with Gasteiger partial charge in [-0.2, -0.15) is 0 Å². The van der Waals surface area contributed by atoms with Gasteiger partial charge in [0.2, 0.25) is 0 Å². The van der Waals surface area contributed by atoms with Crippen molar-refractivity contribution < 1.29 is 4.74 Å². The molecule has 0 heterocycles.